The summed E-state index contributed by atoms with van der Waals surface area (Å²) in [5.74, 6) is -0.110. The molecule has 0 saturated heterocycles. The van der Waals surface area contributed by atoms with E-state index in [1.165, 1.54) is 11.3 Å². The first-order valence-electron chi connectivity index (χ1n) is 8.89. The van der Waals surface area contributed by atoms with Crippen LogP contribution in [0, 0.1) is 0 Å². The van der Waals surface area contributed by atoms with Crippen LogP contribution in [0.25, 0.3) is 0 Å². The van der Waals surface area contributed by atoms with Crippen molar-refractivity contribution in [1.82, 2.24) is 10.3 Å². The van der Waals surface area contributed by atoms with E-state index in [2.05, 4.69) is 10.3 Å². The molecule has 6 heteroatoms. The third-order valence-electron chi connectivity index (χ3n) is 4.55. The van der Waals surface area contributed by atoms with Crippen LogP contribution >= 0.6 is 11.3 Å². The van der Waals surface area contributed by atoms with Gasteiger partial charge in [0, 0.05) is 42.3 Å². The van der Waals surface area contributed by atoms with E-state index in [-0.39, 0.29) is 11.8 Å². The van der Waals surface area contributed by atoms with E-state index < -0.39 is 0 Å². The number of aromatic nitrogens is 1. The number of nitrogens with zero attached hydrogens (tertiary/aromatic N) is 2. The predicted octanol–water partition coefficient (Wildman–Crippen LogP) is 3.32. The smallest absolute Gasteiger partial charge is 0.261 e. The molecule has 3 heterocycles. The van der Waals surface area contributed by atoms with Crippen molar-refractivity contribution >= 4 is 28.8 Å². The molecule has 1 N–H and O–H groups in total. The number of anilines is 1. The lowest BCUT2D eigenvalue weighted by atomic mass is 10.2. The van der Waals surface area contributed by atoms with Crippen molar-refractivity contribution in [2.45, 2.75) is 12.8 Å². The van der Waals surface area contributed by atoms with E-state index >= 15 is 0 Å². The average molecular weight is 377 g/mol. The van der Waals surface area contributed by atoms with Gasteiger partial charge in [0.1, 0.15) is 0 Å². The Morgan fingerprint density at radius 3 is 2.78 bits per heavy atom. The van der Waals surface area contributed by atoms with Crippen LogP contribution in [0.5, 0.6) is 0 Å². The molecule has 0 unspecified atom stereocenters. The normalized spacial score (nSPS) is 12.7. The van der Waals surface area contributed by atoms with Crippen molar-refractivity contribution in [2.24, 2.45) is 0 Å². The standard InChI is InChI=1S/C21H19N3O2S/c25-20(23-11-8-15-5-4-10-22-14-15)19-13-17-18(27-19)9-12-24(17)21(26)16-6-2-1-3-7-16/h1-7,10,13-14H,8-9,11-12H2,(H,23,25). The second-order valence-corrected chi connectivity index (χ2v) is 7.50. The summed E-state index contributed by atoms with van der Waals surface area (Å²) in [6, 6.07) is 15.0. The highest BCUT2D eigenvalue weighted by Gasteiger charge is 2.29. The zero-order chi connectivity index (χ0) is 18.6. The van der Waals surface area contributed by atoms with E-state index in [0.29, 0.717) is 23.5 Å². The lowest BCUT2D eigenvalue weighted by molar-refractivity contribution is 0.0955. The number of carbonyl (C=O) groups is 2. The van der Waals surface area contributed by atoms with E-state index in [4.69, 9.17) is 0 Å². The number of hydrogen-bond donors (Lipinski definition) is 1. The van der Waals surface area contributed by atoms with E-state index in [9.17, 15) is 9.59 Å². The average Bonchev–Trinajstić information content (AvgIpc) is 3.30. The minimum absolute atomic E-state index is 0.0179. The zero-order valence-electron chi connectivity index (χ0n) is 14.7. The number of carbonyl (C=O) groups excluding carboxylic acids is 2. The Bertz CT molecular complexity index is 954. The van der Waals surface area contributed by atoms with Crippen molar-refractivity contribution in [3.8, 4) is 0 Å². The number of nitrogens with one attached hydrogen (secondary N) is 1. The quantitative estimate of drug-likeness (QED) is 0.742. The summed E-state index contributed by atoms with van der Waals surface area (Å²) in [6.07, 6.45) is 5.07. The van der Waals surface area contributed by atoms with Crippen LogP contribution in [0.15, 0.2) is 60.9 Å². The molecule has 136 valence electrons. The number of fused-ring (bicyclic) bond motifs is 1. The molecule has 27 heavy (non-hydrogen) atoms. The largest absolute Gasteiger partial charge is 0.351 e. The molecule has 2 aromatic heterocycles. The monoisotopic (exact) mass is 377 g/mol. The summed E-state index contributed by atoms with van der Waals surface area (Å²) < 4.78 is 0. The summed E-state index contributed by atoms with van der Waals surface area (Å²) >= 11 is 1.47. The summed E-state index contributed by atoms with van der Waals surface area (Å²) in [6.45, 7) is 1.22. The van der Waals surface area contributed by atoms with Gasteiger partial charge in [-0.1, -0.05) is 24.3 Å². The first-order chi connectivity index (χ1) is 13.2. The highest BCUT2D eigenvalue weighted by Crippen LogP contribution is 2.36. The molecule has 0 spiro atoms. The Morgan fingerprint density at radius 1 is 1.15 bits per heavy atom. The van der Waals surface area contributed by atoms with Gasteiger partial charge in [-0.05, 0) is 36.2 Å². The van der Waals surface area contributed by atoms with Crippen molar-refractivity contribution in [1.29, 1.82) is 0 Å². The molecule has 5 nitrogen and oxygen atoms in total. The van der Waals surface area contributed by atoms with Crippen LogP contribution in [0.4, 0.5) is 5.69 Å². The highest BCUT2D eigenvalue weighted by molar-refractivity contribution is 7.14. The molecule has 0 fully saturated rings. The number of benzene rings is 1. The highest BCUT2D eigenvalue weighted by atomic mass is 32.1. The maximum atomic E-state index is 12.7. The minimum Gasteiger partial charge on any atom is -0.351 e. The van der Waals surface area contributed by atoms with Crippen molar-refractivity contribution in [3.05, 3.63) is 81.8 Å². The predicted molar refractivity (Wildman–Crippen MR) is 106 cm³/mol. The second kappa shape index (κ2) is 7.72. The molecular weight excluding hydrogens is 358 g/mol. The van der Waals surface area contributed by atoms with Crippen LogP contribution in [0.3, 0.4) is 0 Å². The Morgan fingerprint density at radius 2 is 2.00 bits per heavy atom. The summed E-state index contributed by atoms with van der Waals surface area (Å²) in [5.41, 5.74) is 2.62. The summed E-state index contributed by atoms with van der Waals surface area (Å²) in [5, 5.41) is 2.95. The Kier molecular flexibility index (Phi) is 4.98. The molecule has 1 aliphatic rings. The van der Waals surface area contributed by atoms with Gasteiger partial charge in [0.05, 0.1) is 10.6 Å². The fraction of sp³-hybridized carbons (Fsp3) is 0.190. The molecule has 1 aromatic carbocycles. The molecule has 2 amide bonds. The Labute approximate surface area is 161 Å². The van der Waals surface area contributed by atoms with Gasteiger partial charge < -0.3 is 10.2 Å². The van der Waals surface area contributed by atoms with Gasteiger partial charge in [0.15, 0.2) is 0 Å². The maximum Gasteiger partial charge on any atom is 0.261 e. The van der Waals surface area contributed by atoms with E-state index in [1.807, 2.05) is 48.5 Å². The SMILES string of the molecule is O=C(NCCc1cccnc1)c1cc2c(s1)CCN2C(=O)c1ccccc1. The number of amides is 2. The van der Waals surface area contributed by atoms with E-state index in [1.54, 1.807) is 17.3 Å². The minimum atomic E-state index is -0.0922. The van der Waals surface area contributed by atoms with Crippen LogP contribution in [0.2, 0.25) is 0 Å². The third-order valence-corrected chi connectivity index (χ3v) is 5.73. The van der Waals surface area contributed by atoms with Gasteiger partial charge in [-0.2, -0.15) is 0 Å². The second-order valence-electron chi connectivity index (χ2n) is 6.36. The van der Waals surface area contributed by atoms with Crippen LogP contribution in [0.1, 0.15) is 30.5 Å². The van der Waals surface area contributed by atoms with Gasteiger partial charge in [-0.3, -0.25) is 14.6 Å². The maximum absolute atomic E-state index is 12.7. The number of hydrogen-bond acceptors (Lipinski definition) is 4. The van der Waals surface area contributed by atoms with Crippen molar-refractivity contribution < 1.29 is 9.59 Å². The first-order valence-corrected chi connectivity index (χ1v) is 9.71. The molecule has 0 aliphatic carbocycles. The van der Waals surface area contributed by atoms with Crippen molar-refractivity contribution in [2.75, 3.05) is 18.0 Å². The van der Waals surface area contributed by atoms with Crippen LogP contribution in [-0.4, -0.2) is 29.9 Å². The van der Waals surface area contributed by atoms with Gasteiger partial charge in [0.25, 0.3) is 11.8 Å². The van der Waals surface area contributed by atoms with Crippen LogP contribution in [-0.2, 0) is 12.8 Å². The van der Waals surface area contributed by atoms with Gasteiger partial charge >= 0.3 is 0 Å². The van der Waals surface area contributed by atoms with Gasteiger partial charge in [0.2, 0.25) is 0 Å². The molecule has 4 rings (SSSR count). The number of rotatable bonds is 5. The van der Waals surface area contributed by atoms with E-state index in [0.717, 1.165) is 29.0 Å². The van der Waals surface area contributed by atoms with Gasteiger partial charge in [-0.15, -0.1) is 11.3 Å². The first kappa shape index (κ1) is 17.4. The lowest BCUT2D eigenvalue weighted by Crippen LogP contribution is -2.29. The number of thiophene rings is 1. The third kappa shape index (κ3) is 3.75. The molecule has 0 saturated carbocycles. The van der Waals surface area contributed by atoms with Gasteiger partial charge in [-0.25, -0.2) is 0 Å². The molecule has 1 aliphatic heterocycles. The molecule has 0 radical (unpaired) electrons. The number of pyridine rings is 1. The fourth-order valence-corrected chi connectivity index (χ4v) is 4.24. The molecular formula is C21H19N3O2S. The van der Waals surface area contributed by atoms with Crippen molar-refractivity contribution in [3.63, 3.8) is 0 Å². The fourth-order valence-electron chi connectivity index (χ4n) is 3.17. The Balaban J connectivity index is 1.41. The molecule has 0 atom stereocenters. The summed E-state index contributed by atoms with van der Waals surface area (Å²) in [4.78, 5) is 32.8. The lowest BCUT2D eigenvalue weighted by Gasteiger charge is -2.16. The topological polar surface area (TPSA) is 62.3 Å². The van der Waals surface area contributed by atoms with Crippen LogP contribution < -0.4 is 10.2 Å². The Hall–Kier alpha value is -2.99. The summed E-state index contributed by atoms with van der Waals surface area (Å²) in [7, 11) is 0. The molecule has 0 bridgehead atoms. The molecule has 3 aromatic rings. The zero-order valence-corrected chi connectivity index (χ0v) is 15.5.